The molecule has 1 aliphatic heterocycles. The number of hydrogen-bond acceptors (Lipinski definition) is 5. The van der Waals surface area contributed by atoms with Gasteiger partial charge in [0.2, 0.25) is 5.43 Å². The van der Waals surface area contributed by atoms with E-state index in [2.05, 4.69) is 0 Å². The lowest BCUT2D eigenvalue weighted by Crippen LogP contribution is -2.29. The number of halogens is 31. The lowest BCUT2D eigenvalue weighted by molar-refractivity contribution is 0.0694. The molecule has 354 valence electrons. The van der Waals surface area contributed by atoms with Gasteiger partial charge in [-0.05, 0) is 12.0 Å². The molecule has 1 saturated heterocycles. The fraction of sp³-hybridized carbons (Fsp3) is 0.474. The van der Waals surface area contributed by atoms with E-state index >= 15 is 4.39 Å². The molecule has 0 spiro atoms. The SMILES string of the molecule is COc1c(N2C[C@@H](N)[C@@H](C)C2)c(F)cc2c(=O)c(C(=O)O)cn([C@@H]3C[C@@H]3F)c12.F.FF.FF.FF.FF.FF.FF.FF.FF.FF.FF.FF.FF.FF.FF. The number of carboxylic acid groups (broad SMARTS) is 1. The molecule has 0 amide bonds. The molecular weight excluding hydrogens is 923 g/mol. The topological polar surface area (TPSA) is 97.8 Å². The Kier molecular flexibility index (Phi) is 103. The molecule has 3 N–H and O–H groups in total. The zero-order valence-electron chi connectivity index (χ0n) is 26.5. The summed E-state index contributed by atoms with van der Waals surface area (Å²) in [5, 5.41) is 9.20. The van der Waals surface area contributed by atoms with Gasteiger partial charge in [0.15, 0.2) is 11.6 Å². The van der Waals surface area contributed by atoms with E-state index in [1.807, 2.05) is 6.92 Å². The number of fused-ring (bicyclic) bond motifs is 1. The van der Waals surface area contributed by atoms with Crippen LogP contribution in [0.1, 0.15) is 29.7 Å². The Hall–Kier alpha value is -4.71. The third-order valence-electron chi connectivity index (χ3n) is 5.66. The van der Waals surface area contributed by atoms with Crippen molar-refractivity contribution in [3.8, 4) is 5.75 Å². The zero-order chi connectivity index (χ0) is 48.3. The highest BCUT2D eigenvalue weighted by Crippen LogP contribution is 2.45. The molecule has 38 heteroatoms. The van der Waals surface area contributed by atoms with Gasteiger partial charge in [-0.2, -0.15) is 0 Å². The Balaban J connectivity index is -0.0000000596. The van der Waals surface area contributed by atoms with Crippen LogP contribution >= 0.6 is 0 Å². The lowest BCUT2D eigenvalue weighted by Gasteiger charge is -2.24. The number of nitrogens with zero attached hydrogens (tertiary/aromatic N) is 2. The van der Waals surface area contributed by atoms with Gasteiger partial charge >= 0.3 is 5.97 Å². The van der Waals surface area contributed by atoms with Crippen molar-refractivity contribution < 1.29 is 156 Å². The van der Waals surface area contributed by atoms with Gasteiger partial charge in [0.1, 0.15) is 17.4 Å². The molecule has 57 heavy (non-hydrogen) atoms. The Morgan fingerprint density at radius 3 is 1.30 bits per heavy atom. The van der Waals surface area contributed by atoms with Crippen molar-refractivity contribution in [2.24, 2.45) is 11.7 Å². The van der Waals surface area contributed by atoms with Crippen LogP contribution in [-0.2, 0) is 0 Å². The van der Waals surface area contributed by atoms with Crippen LogP contribution in [0.25, 0.3) is 10.9 Å². The Morgan fingerprint density at radius 2 is 1.05 bits per heavy atom. The largest absolute Gasteiger partial charge is 0.492 e. The van der Waals surface area contributed by atoms with Gasteiger partial charge in [0.05, 0.1) is 24.1 Å². The summed E-state index contributed by atoms with van der Waals surface area (Å²) in [4.78, 5) is 25.9. The summed E-state index contributed by atoms with van der Waals surface area (Å²) in [7, 11) is 1.34. The van der Waals surface area contributed by atoms with Gasteiger partial charge in [-0.1, -0.05) is 6.92 Å². The Morgan fingerprint density at radius 1 is 0.719 bits per heavy atom. The number of nitrogens with two attached hydrogens (primary N) is 1. The Labute approximate surface area is 292 Å². The smallest absolute Gasteiger partial charge is 0.341 e. The van der Waals surface area contributed by atoms with Crippen molar-refractivity contribution in [3.63, 3.8) is 0 Å². The number of rotatable bonds is 4. The molecule has 0 bridgehead atoms. The van der Waals surface area contributed by atoms with Crippen LogP contribution in [0.5, 0.6) is 5.75 Å². The van der Waals surface area contributed by atoms with Gasteiger partial charge in [0, 0.05) is 160 Å². The maximum Gasteiger partial charge on any atom is 0.341 e. The van der Waals surface area contributed by atoms with Gasteiger partial charge in [-0.15, -0.1) is 0 Å². The van der Waals surface area contributed by atoms with E-state index in [0.717, 1.165) is 12.3 Å². The van der Waals surface area contributed by atoms with Crippen LogP contribution in [0.3, 0.4) is 0 Å². The van der Waals surface area contributed by atoms with Crippen molar-refractivity contribution in [2.75, 3.05) is 25.1 Å². The van der Waals surface area contributed by atoms with Crippen LogP contribution in [0.4, 0.5) is 147 Å². The van der Waals surface area contributed by atoms with Crippen LogP contribution in [0.2, 0.25) is 0 Å². The monoisotopic (exact) mass is 945 g/mol. The highest BCUT2D eigenvalue weighted by Gasteiger charge is 2.41. The first-order valence-electron chi connectivity index (χ1n) is 11.1. The van der Waals surface area contributed by atoms with Gasteiger partial charge in [-0.3, -0.25) is 9.50 Å². The van der Waals surface area contributed by atoms with Crippen molar-refractivity contribution >= 4 is 22.6 Å². The molecule has 1 saturated carbocycles. The average Bonchev–Trinajstić information content (AvgIpc) is 3.95. The van der Waals surface area contributed by atoms with Crippen molar-refractivity contribution in [3.05, 3.63) is 33.9 Å². The van der Waals surface area contributed by atoms with E-state index in [9.17, 15) is 19.1 Å². The minimum atomic E-state index is -1.44. The first-order valence-corrected chi connectivity index (χ1v) is 11.1. The highest BCUT2D eigenvalue weighted by atomic mass is 20.0. The number of hydrogen-bond donors (Lipinski definition) is 2. The summed E-state index contributed by atoms with van der Waals surface area (Å²) < 4.78 is 260. The van der Waals surface area contributed by atoms with Crippen molar-refractivity contribution in [1.29, 1.82) is 0 Å². The molecule has 1 aromatic carbocycles. The predicted octanol–water partition coefficient (Wildman–Crippen LogP) is 13.8. The minimum Gasteiger partial charge on any atom is -0.492 e. The van der Waals surface area contributed by atoms with E-state index in [0.29, 0.717) is 13.1 Å². The number of ether oxygens (including phenoxy) is 1. The van der Waals surface area contributed by atoms with E-state index in [4.69, 9.17) is 139 Å². The molecule has 1 aromatic heterocycles. The standard InChI is InChI=1S/C19H21F2N3O4.14F2.FH/c1-8-5-23(7-13(8)22)16-12(21)3-9-15(18(16)28-2)24(14-4-11(14)20)6-10(17(9)25)19(26)27;14*1-2;/h3,6,8,11,13-14H,4-5,7,22H2,1-2H3,(H,26,27);;;;;;;;;;;;;;;1H/t8-,11-,13+,14+;;;;;;;;;;;;;;;/m0.............../s1. The van der Waals surface area contributed by atoms with Crippen LogP contribution in [0.15, 0.2) is 17.1 Å². The normalized spacial score (nSPS) is 14.6. The summed E-state index contributed by atoms with van der Waals surface area (Å²) in [6, 6.07) is 0.256. The molecule has 4 rings (SSSR count). The number of aromatic carboxylic acids is 1. The van der Waals surface area contributed by atoms with Gasteiger partial charge in [0.25, 0.3) is 0 Å². The van der Waals surface area contributed by atoms with E-state index in [-0.39, 0.29) is 45.4 Å². The molecule has 2 heterocycles. The summed E-state index contributed by atoms with van der Waals surface area (Å²) in [6.07, 6.45) is 0.156. The van der Waals surface area contributed by atoms with Gasteiger partial charge < -0.3 is 25.0 Å². The quantitative estimate of drug-likeness (QED) is 0.296. The third-order valence-corrected chi connectivity index (χ3v) is 5.66. The molecule has 7 nitrogen and oxygen atoms in total. The molecule has 2 fully saturated rings. The predicted molar refractivity (Wildman–Crippen MR) is 133 cm³/mol. The Bertz CT molecular complexity index is 1070. The number of carboxylic acids is 1. The van der Waals surface area contributed by atoms with E-state index in [1.54, 1.807) is 4.90 Å². The fourth-order valence-corrected chi connectivity index (χ4v) is 3.96. The van der Waals surface area contributed by atoms with E-state index in [1.165, 1.54) is 11.7 Å². The van der Waals surface area contributed by atoms with Gasteiger partial charge in [-0.25, -0.2) is 13.6 Å². The summed E-state index contributed by atoms with van der Waals surface area (Å²) in [6.45, 7) is 2.88. The molecule has 2 aliphatic rings. The number of anilines is 1. The molecule has 2 aromatic rings. The maximum atomic E-state index is 15.1. The second-order valence-corrected chi connectivity index (χ2v) is 7.59. The van der Waals surface area contributed by atoms with Crippen LogP contribution in [0, 0.1) is 11.7 Å². The molecule has 4 atom stereocenters. The lowest BCUT2D eigenvalue weighted by atomic mass is 10.1. The first kappa shape index (κ1) is 84.7. The third kappa shape index (κ3) is 31.1. The second kappa shape index (κ2) is 69.2. The average molecular weight is 945 g/mol. The molecular formula is C19H22F31N3O4. The molecule has 0 radical (unpaired) electrons. The summed E-state index contributed by atoms with van der Waals surface area (Å²) in [5.41, 5.74) is 5.07. The second-order valence-electron chi connectivity index (χ2n) is 7.59. The molecule has 0 unspecified atom stereocenters. The number of aromatic nitrogens is 1. The number of pyridine rings is 1. The highest BCUT2D eigenvalue weighted by molar-refractivity contribution is 5.97. The number of alkyl halides is 1. The molecule has 1 aliphatic carbocycles. The maximum absolute atomic E-state index is 15.1. The van der Waals surface area contributed by atoms with E-state index < -0.39 is 35.0 Å². The zero-order valence-corrected chi connectivity index (χ0v) is 26.5. The van der Waals surface area contributed by atoms with Crippen molar-refractivity contribution in [1.82, 2.24) is 4.57 Å². The first-order chi connectivity index (χ1) is 27.2. The number of benzene rings is 1. The summed E-state index contributed by atoms with van der Waals surface area (Å²) in [5.74, 6) is -1.93. The summed E-state index contributed by atoms with van der Waals surface area (Å²) >= 11 is 0. The van der Waals surface area contributed by atoms with Crippen LogP contribution in [-0.4, -0.2) is 48.1 Å². The fourth-order valence-electron chi connectivity index (χ4n) is 3.96. The minimum absolute atomic E-state index is 0. The number of carbonyl (C=O) groups is 1. The number of methoxy groups -OCH3 is 1. The van der Waals surface area contributed by atoms with Crippen molar-refractivity contribution in [2.45, 2.75) is 31.6 Å². The van der Waals surface area contributed by atoms with Crippen LogP contribution < -0.4 is 20.8 Å².